The van der Waals surface area contributed by atoms with Crippen molar-refractivity contribution in [2.75, 3.05) is 0 Å². The highest BCUT2D eigenvalue weighted by Crippen LogP contribution is 2.25. The van der Waals surface area contributed by atoms with Crippen molar-refractivity contribution in [3.05, 3.63) is 71.1 Å². The second kappa shape index (κ2) is 6.91. The van der Waals surface area contributed by atoms with Crippen LogP contribution in [0.1, 0.15) is 42.3 Å². The van der Waals surface area contributed by atoms with Gasteiger partial charge in [-0.05, 0) is 55.2 Å². The maximum Gasteiger partial charge on any atom is 0.226 e. The first-order valence-electron chi connectivity index (χ1n) is 8.29. The SMILES string of the molecule is Cc1cccc(OCc2nc(-c3ccc(C(C)C)cc3)oc2C)c1. The molecule has 0 aliphatic heterocycles. The maximum absolute atomic E-state index is 5.83. The predicted molar refractivity (Wildman–Crippen MR) is 96.3 cm³/mol. The van der Waals surface area contributed by atoms with Crippen LogP contribution in [-0.4, -0.2) is 4.98 Å². The summed E-state index contributed by atoms with van der Waals surface area (Å²) in [5, 5.41) is 0. The van der Waals surface area contributed by atoms with Gasteiger partial charge in [0.1, 0.15) is 23.8 Å². The largest absolute Gasteiger partial charge is 0.487 e. The average molecular weight is 321 g/mol. The van der Waals surface area contributed by atoms with E-state index in [9.17, 15) is 0 Å². The van der Waals surface area contributed by atoms with E-state index in [0.717, 1.165) is 22.8 Å². The van der Waals surface area contributed by atoms with E-state index < -0.39 is 0 Å². The number of hydrogen-bond donors (Lipinski definition) is 0. The van der Waals surface area contributed by atoms with Gasteiger partial charge < -0.3 is 9.15 Å². The molecule has 0 amide bonds. The van der Waals surface area contributed by atoms with Crippen molar-refractivity contribution in [2.45, 2.75) is 40.2 Å². The maximum atomic E-state index is 5.83. The van der Waals surface area contributed by atoms with E-state index in [4.69, 9.17) is 9.15 Å². The molecular formula is C21H23NO2. The van der Waals surface area contributed by atoms with Gasteiger partial charge in [-0.2, -0.15) is 0 Å². The third kappa shape index (κ3) is 3.67. The molecule has 1 heterocycles. The third-order valence-corrected chi connectivity index (χ3v) is 4.08. The summed E-state index contributed by atoms with van der Waals surface area (Å²) in [6.45, 7) is 8.75. The molecule has 0 fully saturated rings. The Morgan fingerprint density at radius 2 is 1.79 bits per heavy atom. The Morgan fingerprint density at radius 3 is 2.46 bits per heavy atom. The predicted octanol–water partition coefficient (Wildman–Crippen LogP) is 5.66. The van der Waals surface area contributed by atoms with Gasteiger partial charge in [-0.1, -0.05) is 38.1 Å². The van der Waals surface area contributed by atoms with Gasteiger partial charge in [0.05, 0.1) is 0 Å². The zero-order chi connectivity index (χ0) is 17.1. The number of ether oxygens (including phenoxy) is 1. The van der Waals surface area contributed by atoms with Crippen LogP contribution in [0.5, 0.6) is 5.75 Å². The molecule has 2 aromatic carbocycles. The molecule has 3 aromatic rings. The molecule has 24 heavy (non-hydrogen) atoms. The Bertz CT molecular complexity index is 816. The van der Waals surface area contributed by atoms with E-state index in [2.05, 4.69) is 43.1 Å². The Hall–Kier alpha value is -2.55. The average Bonchev–Trinajstić information content (AvgIpc) is 2.94. The Kier molecular flexibility index (Phi) is 4.70. The zero-order valence-electron chi connectivity index (χ0n) is 14.7. The second-order valence-electron chi connectivity index (χ2n) is 6.40. The molecule has 0 radical (unpaired) electrons. The number of rotatable bonds is 5. The first-order valence-corrected chi connectivity index (χ1v) is 8.29. The fourth-order valence-corrected chi connectivity index (χ4v) is 2.55. The fourth-order valence-electron chi connectivity index (χ4n) is 2.55. The van der Waals surface area contributed by atoms with Crippen LogP contribution in [0.25, 0.3) is 11.5 Å². The number of hydrogen-bond acceptors (Lipinski definition) is 3. The summed E-state index contributed by atoms with van der Waals surface area (Å²) < 4.78 is 11.7. The summed E-state index contributed by atoms with van der Waals surface area (Å²) in [4.78, 5) is 4.60. The van der Waals surface area contributed by atoms with Gasteiger partial charge in [0.15, 0.2) is 0 Å². The summed E-state index contributed by atoms with van der Waals surface area (Å²) in [5.41, 5.74) is 4.31. The van der Waals surface area contributed by atoms with E-state index in [1.54, 1.807) is 0 Å². The van der Waals surface area contributed by atoms with E-state index in [1.165, 1.54) is 11.1 Å². The molecule has 0 aliphatic rings. The lowest BCUT2D eigenvalue weighted by molar-refractivity contribution is 0.299. The summed E-state index contributed by atoms with van der Waals surface area (Å²) >= 11 is 0. The van der Waals surface area contributed by atoms with Gasteiger partial charge in [-0.3, -0.25) is 0 Å². The van der Waals surface area contributed by atoms with Crippen LogP contribution in [-0.2, 0) is 6.61 Å². The van der Waals surface area contributed by atoms with Crippen molar-refractivity contribution in [3.63, 3.8) is 0 Å². The molecule has 0 atom stereocenters. The summed E-state index contributed by atoms with van der Waals surface area (Å²) in [6.07, 6.45) is 0. The summed E-state index contributed by atoms with van der Waals surface area (Å²) in [7, 11) is 0. The minimum Gasteiger partial charge on any atom is -0.487 e. The Morgan fingerprint density at radius 1 is 1.04 bits per heavy atom. The quantitative estimate of drug-likeness (QED) is 0.608. The standard InChI is InChI=1S/C21H23NO2/c1-14(2)17-8-10-18(11-9-17)21-22-20(16(4)24-21)13-23-19-7-5-6-15(3)12-19/h5-12,14H,13H2,1-4H3. The molecule has 0 aliphatic carbocycles. The van der Waals surface area contributed by atoms with Crippen molar-refractivity contribution in [3.8, 4) is 17.2 Å². The minimum absolute atomic E-state index is 0.406. The molecule has 3 nitrogen and oxygen atoms in total. The molecule has 0 saturated heterocycles. The van der Waals surface area contributed by atoms with Crippen molar-refractivity contribution < 1.29 is 9.15 Å². The highest BCUT2D eigenvalue weighted by Gasteiger charge is 2.12. The number of nitrogens with zero attached hydrogens (tertiary/aromatic N) is 1. The third-order valence-electron chi connectivity index (χ3n) is 4.08. The lowest BCUT2D eigenvalue weighted by atomic mass is 10.0. The van der Waals surface area contributed by atoms with Crippen LogP contribution in [0.3, 0.4) is 0 Å². The van der Waals surface area contributed by atoms with Crippen LogP contribution >= 0.6 is 0 Å². The molecule has 3 rings (SSSR count). The fraction of sp³-hybridized carbons (Fsp3) is 0.286. The smallest absolute Gasteiger partial charge is 0.226 e. The van der Waals surface area contributed by atoms with Crippen molar-refractivity contribution in [2.24, 2.45) is 0 Å². The summed E-state index contributed by atoms with van der Waals surface area (Å²) in [6, 6.07) is 16.4. The lowest BCUT2D eigenvalue weighted by Crippen LogP contribution is -1.97. The topological polar surface area (TPSA) is 35.3 Å². The molecule has 1 aromatic heterocycles. The van der Waals surface area contributed by atoms with Crippen molar-refractivity contribution >= 4 is 0 Å². The van der Waals surface area contributed by atoms with Gasteiger partial charge in [-0.15, -0.1) is 0 Å². The van der Waals surface area contributed by atoms with E-state index in [1.807, 2.05) is 38.1 Å². The van der Waals surface area contributed by atoms with Crippen LogP contribution in [0.15, 0.2) is 52.9 Å². The van der Waals surface area contributed by atoms with E-state index in [0.29, 0.717) is 18.4 Å². The lowest BCUT2D eigenvalue weighted by Gasteiger charge is -2.05. The monoisotopic (exact) mass is 321 g/mol. The molecule has 0 unspecified atom stereocenters. The molecule has 0 saturated carbocycles. The number of aryl methyl sites for hydroxylation is 2. The van der Waals surface area contributed by atoms with Crippen LogP contribution in [0, 0.1) is 13.8 Å². The van der Waals surface area contributed by atoms with Crippen LogP contribution in [0.4, 0.5) is 0 Å². The first-order chi connectivity index (χ1) is 11.5. The number of benzene rings is 2. The zero-order valence-corrected chi connectivity index (χ0v) is 14.7. The molecule has 3 heteroatoms. The van der Waals surface area contributed by atoms with E-state index >= 15 is 0 Å². The molecular weight excluding hydrogens is 298 g/mol. The number of oxazole rings is 1. The molecule has 124 valence electrons. The Balaban J connectivity index is 1.75. The van der Waals surface area contributed by atoms with E-state index in [-0.39, 0.29) is 0 Å². The van der Waals surface area contributed by atoms with Gasteiger partial charge in [0, 0.05) is 5.56 Å². The first kappa shape index (κ1) is 16.3. The highest BCUT2D eigenvalue weighted by molar-refractivity contribution is 5.54. The van der Waals surface area contributed by atoms with Gasteiger partial charge in [0.25, 0.3) is 0 Å². The highest BCUT2D eigenvalue weighted by atomic mass is 16.5. The van der Waals surface area contributed by atoms with Crippen molar-refractivity contribution in [1.82, 2.24) is 4.98 Å². The molecule has 0 N–H and O–H groups in total. The van der Waals surface area contributed by atoms with Crippen LogP contribution in [0.2, 0.25) is 0 Å². The van der Waals surface area contributed by atoms with Gasteiger partial charge in [-0.25, -0.2) is 4.98 Å². The minimum atomic E-state index is 0.406. The van der Waals surface area contributed by atoms with Crippen LogP contribution < -0.4 is 4.74 Å². The van der Waals surface area contributed by atoms with Gasteiger partial charge >= 0.3 is 0 Å². The molecule has 0 spiro atoms. The van der Waals surface area contributed by atoms with Crippen molar-refractivity contribution in [1.29, 1.82) is 0 Å². The van der Waals surface area contributed by atoms with Gasteiger partial charge in [0.2, 0.25) is 5.89 Å². The second-order valence-corrected chi connectivity index (χ2v) is 6.40. The normalized spacial score (nSPS) is 11.0. The Labute approximate surface area is 143 Å². The molecule has 0 bridgehead atoms. The number of aromatic nitrogens is 1. The summed E-state index contributed by atoms with van der Waals surface area (Å²) in [5.74, 6) is 2.81.